The lowest BCUT2D eigenvalue weighted by Gasteiger charge is -2.18. The molecule has 0 amide bonds. The number of hydrogen-bond acceptors (Lipinski definition) is 2. The van der Waals surface area contributed by atoms with Crippen LogP contribution in [0.4, 0.5) is 0 Å². The van der Waals surface area contributed by atoms with Crippen LogP contribution in [-0.2, 0) is 4.79 Å². The van der Waals surface area contributed by atoms with Crippen LogP contribution in [0.15, 0.2) is 12.2 Å². The maximum absolute atomic E-state index is 11.0. The second-order valence-corrected chi connectivity index (χ2v) is 2.77. The summed E-state index contributed by atoms with van der Waals surface area (Å²) < 4.78 is 0. The average Bonchev–Trinajstić information content (AvgIpc) is 2.03. The van der Waals surface area contributed by atoms with Gasteiger partial charge in [-0.2, -0.15) is 0 Å². The van der Waals surface area contributed by atoms with E-state index in [4.69, 9.17) is 12.2 Å². The standard InChI is InChI=1S/C9H11NO/c1-2-9(11)7-4-3-5-8(10)6-7/h1,3,5,7-8H,4,6,10H2/t7-,8-/m0/s1. The van der Waals surface area contributed by atoms with Gasteiger partial charge in [0.2, 0.25) is 5.78 Å². The zero-order valence-corrected chi connectivity index (χ0v) is 6.29. The minimum atomic E-state index is -0.121. The summed E-state index contributed by atoms with van der Waals surface area (Å²) in [5.74, 6) is 1.96. The summed E-state index contributed by atoms with van der Waals surface area (Å²) in [5, 5.41) is 0. The zero-order chi connectivity index (χ0) is 8.27. The van der Waals surface area contributed by atoms with Gasteiger partial charge in [0.25, 0.3) is 0 Å². The van der Waals surface area contributed by atoms with E-state index in [1.54, 1.807) is 0 Å². The molecular formula is C9H11NO. The van der Waals surface area contributed by atoms with Gasteiger partial charge in [0.15, 0.2) is 0 Å². The van der Waals surface area contributed by atoms with Crippen molar-refractivity contribution < 1.29 is 4.79 Å². The number of allylic oxidation sites excluding steroid dienone is 1. The van der Waals surface area contributed by atoms with Gasteiger partial charge in [-0.15, -0.1) is 6.42 Å². The van der Waals surface area contributed by atoms with Crippen LogP contribution >= 0.6 is 0 Å². The number of Topliss-reactive ketones (excluding diaryl/α,β-unsaturated/α-hetero) is 1. The molecule has 2 N–H and O–H groups in total. The third kappa shape index (κ3) is 1.92. The van der Waals surface area contributed by atoms with E-state index in [1.807, 2.05) is 12.2 Å². The number of carbonyl (C=O) groups excluding carboxylic acids is 1. The van der Waals surface area contributed by atoms with E-state index in [2.05, 4.69) is 5.92 Å². The third-order valence-corrected chi connectivity index (χ3v) is 1.87. The number of ketones is 1. The summed E-state index contributed by atoms with van der Waals surface area (Å²) in [6.07, 6.45) is 10.3. The minimum absolute atomic E-state index is 0.00560. The van der Waals surface area contributed by atoms with Gasteiger partial charge in [0.1, 0.15) is 0 Å². The van der Waals surface area contributed by atoms with Crippen molar-refractivity contribution in [2.45, 2.75) is 18.9 Å². The maximum Gasteiger partial charge on any atom is 0.208 e. The fourth-order valence-electron chi connectivity index (χ4n) is 1.25. The Morgan fingerprint density at radius 2 is 2.45 bits per heavy atom. The molecule has 11 heavy (non-hydrogen) atoms. The lowest BCUT2D eigenvalue weighted by atomic mass is 9.88. The highest BCUT2D eigenvalue weighted by atomic mass is 16.1. The van der Waals surface area contributed by atoms with Gasteiger partial charge in [-0.3, -0.25) is 4.79 Å². The Morgan fingerprint density at radius 1 is 1.73 bits per heavy atom. The van der Waals surface area contributed by atoms with Crippen LogP contribution in [0.1, 0.15) is 12.8 Å². The molecule has 0 aromatic rings. The first-order valence-corrected chi connectivity index (χ1v) is 3.66. The molecule has 0 radical (unpaired) electrons. The molecule has 0 aliphatic heterocycles. The predicted octanol–water partition coefficient (Wildman–Crippen LogP) is 0.482. The van der Waals surface area contributed by atoms with Crippen molar-refractivity contribution >= 4 is 5.78 Å². The van der Waals surface area contributed by atoms with E-state index < -0.39 is 0 Å². The van der Waals surface area contributed by atoms with E-state index in [-0.39, 0.29) is 17.7 Å². The molecule has 0 spiro atoms. The number of nitrogens with two attached hydrogens (primary N) is 1. The fraction of sp³-hybridized carbons (Fsp3) is 0.444. The van der Waals surface area contributed by atoms with Crippen LogP contribution < -0.4 is 5.73 Å². The zero-order valence-electron chi connectivity index (χ0n) is 6.29. The van der Waals surface area contributed by atoms with Gasteiger partial charge in [0.05, 0.1) is 0 Å². The van der Waals surface area contributed by atoms with Crippen LogP contribution in [0.2, 0.25) is 0 Å². The van der Waals surface area contributed by atoms with Gasteiger partial charge in [-0.05, 0) is 18.8 Å². The van der Waals surface area contributed by atoms with Crippen molar-refractivity contribution in [2.24, 2.45) is 11.7 Å². The van der Waals surface area contributed by atoms with Crippen molar-refractivity contribution in [3.05, 3.63) is 12.2 Å². The van der Waals surface area contributed by atoms with Gasteiger partial charge >= 0.3 is 0 Å². The molecule has 58 valence electrons. The van der Waals surface area contributed by atoms with E-state index in [0.717, 1.165) is 6.42 Å². The molecule has 0 saturated carbocycles. The minimum Gasteiger partial charge on any atom is -0.324 e. The molecular weight excluding hydrogens is 138 g/mol. The fourth-order valence-corrected chi connectivity index (χ4v) is 1.25. The molecule has 2 nitrogen and oxygen atoms in total. The van der Waals surface area contributed by atoms with Crippen LogP contribution in [0.25, 0.3) is 0 Å². The van der Waals surface area contributed by atoms with E-state index in [9.17, 15) is 4.79 Å². The Morgan fingerprint density at radius 3 is 3.00 bits per heavy atom. The molecule has 0 fully saturated rings. The van der Waals surface area contributed by atoms with Gasteiger partial charge in [0, 0.05) is 12.0 Å². The van der Waals surface area contributed by atoms with Gasteiger partial charge in [-0.25, -0.2) is 0 Å². The van der Waals surface area contributed by atoms with Gasteiger partial charge in [-0.1, -0.05) is 12.2 Å². The van der Waals surface area contributed by atoms with Crippen LogP contribution in [0.5, 0.6) is 0 Å². The quantitative estimate of drug-likeness (QED) is 0.335. The molecule has 1 aliphatic carbocycles. The Labute approximate surface area is 66.5 Å². The predicted molar refractivity (Wildman–Crippen MR) is 43.7 cm³/mol. The molecule has 1 rings (SSSR count). The maximum atomic E-state index is 11.0. The topological polar surface area (TPSA) is 43.1 Å². The largest absolute Gasteiger partial charge is 0.324 e. The highest BCUT2D eigenvalue weighted by Gasteiger charge is 2.20. The molecule has 0 unspecified atom stereocenters. The van der Waals surface area contributed by atoms with Gasteiger partial charge < -0.3 is 5.73 Å². The second-order valence-electron chi connectivity index (χ2n) is 2.77. The summed E-state index contributed by atoms with van der Waals surface area (Å²) in [6.45, 7) is 0. The van der Waals surface area contributed by atoms with Crippen molar-refractivity contribution in [1.82, 2.24) is 0 Å². The van der Waals surface area contributed by atoms with E-state index >= 15 is 0 Å². The second kappa shape index (κ2) is 3.36. The van der Waals surface area contributed by atoms with E-state index in [1.165, 1.54) is 0 Å². The van der Waals surface area contributed by atoms with Crippen LogP contribution in [-0.4, -0.2) is 11.8 Å². The highest BCUT2D eigenvalue weighted by molar-refractivity contribution is 5.96. The van der Waals surface area contributed by atoms with Crippen molar-refractivity contribution in [1.29, 1.82) is 0 Å². The van der Waals surface area contributed by atoms with Crippen LogP contribution in [0.3, 0.4) is 0 Å². The number of carbonyl (C=O) groups is 1. The first-order valence-electron chi connectivity index (χ1n) is 3.66. The summed E-state index contributed by atoms with van der Waals surface area (Å²) in [4.78, 5) is 11.0. The first-order chi connectivity index (χ1) is 5.24. The molecule has 2 atom stereocenters. The van der Waals surface area contributed by atoms with Crippen molar-refractivity contribution in [2.75, 3.05) is 0 Å². The Bertz CT molecular complexity index is 224. The molecule has 0 aromatic carbocycles. The van der Waals surface area contributed by atoms with Crippen molar-refractivity contribution in [3.63, 3.8) is 0 Å². The SMILES string of the molecule is C#CC(=O)[C@H]1CC=C[C@H](N)C1. The molecule has 0 bridgehead atoms. The monoisotopic (exact) mass is 149 g/mol. The van der Waals surface area contributed by atoms with E-state index in [0.29, 0.717) is 6.42 Å². The molecule has 1 aliphatic rings. The molecule has 0 saturated heterocycles. The number of terminal acetylenes is 1. The lowest BCUT2D eigenvalue weighted by molar-refractivity contribution is -0.117. The van der Waals surface area contributed by atoms with Crippen LogP contribution in [0, 0.1) is 18.3 Å². The first kappa shape index (κ1) is 8.03. The highest BCUT2D eigenvalue weighted by Crippen LogP contribution is 2.17. The Balaban J connectivity index is 2.58. The smallest absolute Gasteiger partial charge is 0.208 e. The summed E-state index contributed by atoms with van der Waals surface area (Å²) in [5.41, 5.74) is 5.61. The Kier molecular flexibility index (Phi) is 2.45. The summed E-state index contributed by atoms with van der Waals surface area (Å²) in [7, 11) is 0. The summed E-state index contributed by atoms with van der Waals surface area (Å²) >= 11 is 0. The molecule has 0 heterocycles. The average molecular weight is 149 g/mol. The lowest BCUT2D eigenvalue weighted by Crippen LogP contribution is -2.27. The summed E-state index contributed by atoms with van der Waals surface area (Å²) in [6, 6.07) is 0.00560. The number of hydrogen-bond donors (Lipinski definition) is 1. The normalized spacial score (nSPS) is 29.5. The van der Waals surface area contributed by atoms with Crippen molar-refractivity contribution in [3.8, 4) is 12.3 Å². The molecule has 0 aromatic heterocycles. The molecule has 2 heteroatoms. The Hall–Kier alpha value is -1.07. The number of rotatable bonds is 1. The third-order valence-electron chi connectivity index (χ3n) is 1.87.